The summed E-state index contributed by atoms with van der Waals surface area (Å²) >= 11 is 0. The molecule has 0 saturated heterocycles. The maximum Gasteiger partial charge on any atom is 0.416 e. The van der Waals surface area contributed by atoms with Crippen molar-refractivity contribution in [3.05, 3.63) is 72.2 Å². The van der Waals surface area contributed by atoms with Crippen LogP contribution in [0.15, 0.2) is 55.2 Å². The van der Waals surface area contributed by atoms with Gasteiger partial charge >= 0.3 is 6.18 Å². The molecule has 1 aromatic carbocycles. The van der Waals surface area contributed by atoms with Crippen molar-refractivity contribution in [1.82, 2.24) is 29.8 Å². The summed E-state index contributed by atoms with van der Waals surface area (Å²) in [5.74, 6) is -0.00461. The molecule has 0 aliphatic heterocycles. The molecule has 0 radical (unpaired) electrons. The molecule has 8 nitrogen and oxygen atoms in total. The quantitative estimate of drug-likeness (QED) is 0.506. The number of alkyl halides is 3. The molecule has 4 rings (SSSR count). The minimum atomic E-state index is -4.39. The maximum atomic E-state index is 12.6. The lowest BCUT2D eigenvalue weighted by Gasteiger charge is -2.09. The predicted molar refractivity (Wildman–Crippen MR) is 106 cm³/mol. The number of carbonyl (C=O) groups is 1. The van der Waals surface area contributed by atoms with E-state index in [9.17, 15) is 18.0 Å². The summed E-state index contributed by atoms with van der Waals surface area (Å²) in [6, 6.07) is 6.24. The molecule has 0 aliphatic rings. The van der Waals surface area contributed by atoms with Gasteiger partial charge in [-0.25, -0.2) is 15.0 Å². The van der Waals surface area contributed by atoms with E-state index in [-0.39, 0.29) is 18.1 Å². The van der Waals surface area contributed by atoms with Crippen LogP contribution in [0.5, 0.6) is 0 Å². The lowest BCUT2D eigenvalue weighted by atomic mass is 10.2. The monoisotopic (exact) mass is 427 g/mol. The number of nitrogens with zero attached hydrogens (tertiary/aromatic N) is 5. The Labute approximate surface area is 174 Å². The zero-order valence-electron chi connectivity index (χ0n) is 16.2. The van der Waals surface area contributed by atoms with E-state index in [1.807, 2.05) is 7.05 Å². The third-order valence-corrected chi connectivity index (χ3v) is 4.46. The average Bonchev–Trinajstić information content (AvgIpc) is 3.13. The van der Waals surface area contributed by atoms with Crippen LogP contribution in [0.1, 0.15) is 21.7 Å². The summed E-state index contributed by atoms with van der Waals surface area (Å²) in [4.78, 5) is 29.0. The van der Waals surface area contributed by atoms with Crippen molar-refractivity contribution in [2.45, 2.75) is 12.7 Å². The van der Waals surface area contributed by atoms with E-state index < -0.39 is 11.7 Å². The Balaban J connectivity index is 1.35. The number of carbonyl (C=O) groups excluding carboxylic acids is 1. The molecule has 0 saturated carbocycles. The predicted octanol–water partition coefficient (Wildman–Crippen LogP) is 3.45. The molecule has 158 valence electrons. The van der Waals surface area contributed by atoms with Gasteiger partial charge in [-0.15, -0.1) is 0 Å². The normalized spacial score (nSPS) is 11.5. The maximum absolute atomic E-state index is 12.6. The first-order valence-electron chi connectivity index (χ1n) is 9.10. The van der Waals surface area contributed by atoms with Crippen LogP contribution >= 0.6 is 0 Å². The number of nitrogens with one attached hydrogen (secondary N) is 2. The van der Waals surface area contributed by atoms with E-state index in [4.69, 9.17) is 0 Å². The zero-order chi connectivity index (χ0) is 22.0. The highest BCUT2D eigenvalue weighted by molar-refractivity contribution is 5.95. The highest BCUT2D eigenvalue weighted by Crippen LogP contribution is 2.30. The fourth-order valence-electron chi connectivity index (χ4n) is 2.82. The van der Waals surface area contributed by atoms with Gasteiger partial charge < -0.3 is 15.2 Å². The molecule has 31 heavy (non-hydrogen) atoms. The molecular weight excluding hydrogens is 411 g/mol. The largest absolute Gasteiger partial charge is 0.416 e. The van der Waals surface area contributed by atoms with Crippen LogP contribution in [0.3, 0.4) is 0 Å². The van der Waals surface area contributed by atoms with Gasteiger partial charge in [-0.2, -0.15) is 13.2 Å². The number of fused-ring (bicyclic) bond motifs is 1. The minimum absolute atomic E-state index is 0.136. The third-order valence-electron chi connectivity index (χ3n) is 4.46. The number of imidazole rings is 1. The number of amides is 1. The Morgan fingerprint density at radius 1 is 1.03 bits per heavy atom. The van der Waals surface area contributed by atoms with Gasteiger partial charge in [0.2, 0.25) is 0 Å². The number of hydrogen-bond acceptors (Lipinski definition) is 6. The molecule has 11 heteroatoms. The van der Waals surface area contributed by atoms with Gasteiger partial charge in [0.1, 0.15) is 17.0 Å². The van der Waals surface area contributed by atoms with Crippen LogP contribution < -0.4 is 10.6 Å². The highest BCUT2D eigenvalue weighted by Gasteiger charge is 2.29. The summed E-state index contributed by atoms with van der Waals surface area (Å²) in [7, 11) is 1.83. The van der Waals surface area contributed by atoms with E-state index in [2.05, 4.69) is 30.6 Å². The van der Waals surface area contributed by atoms with Crippen molar-refractivity contribution >= 4 is 28.4 Å². The van der Waals surface area contributed by atoms with Gasteiger partial charge in [-0.3, -0.25) is 9.78 Å². The smallest absolute Gasteiger partial charge is 0.345 e. The van der Waals surface area contributed by atoms with Crippen molar-refractivity contribution < 1.29 is 18.0 Å². The van der Waals surface area contributed by atoms with E-state index >= 15 is 0 Å². The first-order chi connectivity index (χ1) is 14.8. The van der Waals surface area contributed by atoms with Crippen LogP contribution in [-0.4, -0.2) is 30.4 Å². The van der Waals surface area contributed by atoms with Crippen LogP contribution in [0.2, 0.25) is 0 Å². The number of aromatic nitrogens is 5. The Bertz CT molecular complexity index is 1220. The Hall–Kier alpha value is -4.02. The number of hydrogen-bond donors (Lipinski definition) is 2. The number of aryl methyl sites for hydroxylation is 1. The highest BCUT2D eigenvalue weighted by atomic mass is 19.4. The molecule has 4 aromatic rings. The van der Waals surface area contributed by atoms with E-state index in [0.29, 0.717) is 22.7 Å². The summed E-state index contributed by atoms with van der Waals surface area (Å²) in [6.07, 6.45) is 1.68. The van der Waals surface area contributed by atoms with E-state index in [1.54, 1.807) is 17.0 Å². The van der Waals surface area contributed by atoms with Crippen LogP contribution in [0.4, 0.5) is 24.7 Å². The fraction of sp³-hybridized carbons (Fsp3) is 0.150. The molecule has 3 heterocycles. The number of anilines is 2. The molecule has 0 atom stereocenters. The molecule has 0 spiro atoms. The average molecular weight is 427 g/mol. The summed E-state index contributed by atoms with van der Waals surface area (Å²) < 4.78 is 39.7. The Morgan fingerprint density at radius 3 is 2.48 bits per heavy atom. The van der Waals surface area contributed by atoms with Crippen LogP contribution in [0.25, 0.3) is 11.0 Å². The van der Waals surface area contributed by atoms with E-state index in [0.717, 1.165) is 17.6 Å². The van der Waals surface area contributed by atoms with Crippen molar-refractivity contribution in [3.63, 3.8) is 0 Å². The second-order valence-corrected chi connectivity index (χ2v) is 6.69. The number of halogens is 3. The number of pyridine rings is 1. The molecule has 3 aromatic heterocycles. The molecular formula is C20H16F3N7O. The molecule has 2 N–H and O–H groups in total. The second-order valence-electron chi connectivity index (χ2n) is 6.69. The second kappa shape index (κ2) is 8.01. The van der Waals surface area contributed by atoms with Gasteiger partial charge in [-0.05, 0) is 30.3 Å². The van der Waals surface area contributed by atoms with Crippen LogP contribution in [0, 0.1) is 0 Å². The standard InChI is InChI=1S/C20H16F3N7O/c1-30-11-28-16-9-25-15(6-17(16)30)19(31)27-8-14-7-26-18(10-24-14)29-13-4-2-12(3-5-13)20(21,22)23/h2-7,9-11H,8H2,1H3,(H,26,29)(H,27,31). The molecule has 1 amide bonds. The van der Waals surface area contributed by atoms with Crippen molar-refractivity contribution in [1.29, 1.82) is 0 Å². The van der Waals surface area contributed by atoms with Crippen molar-refractivity contribution in [2.75, 3.05) is 5.32 Å². The zero-order valence-corrected chi connectivity index (χ0v) is 16.2. The summed E-state index contributed by atoms with van der Waals surface area (Å²) in [5.41, 5.74) is 1.96. The summed E-state index contributed by atoms with van der Waals surface area (Å²) in [6.45, 7) is 0.136. The molecule has 0 unspecified atom stereocenters. The molecule has 0 bridgehead atoms. The lowest BCUT2D eigenvalue weighted by Crippen LogP contribution is -2.24. The third kappa shape index (κ3) is 4.60. The first-order valence-corrected chi connectivity index (χ1v) is 9.10. The Morgan fingerprint density at radius 2 is 1.81 bits per heavy atom. The van der Waals surface area contributed by atoms with Crippen LogP contribution in [-0.2, 0) is 19.8 Å². The first kappa shape index (κ1) is 20.3. The van der Waals surface area contributed by atoms with Crippen molar-refractivity contribution in [2.24, 2.45) is 7.05 Å². The van der Waals surface area contributed by atoms with Crippen molar-refractivity contribution in [3.8, 4) is 0 Å². The fourth-order valence-corrected chi connectivity index (χ4v) is 2.82. The van der Waals surface area contributed by atoms with Gasteiger partial charge in [-0.1, -0.05) is 0 Å². The molecule has 0 fully saturated rings. The van der Waals surface area contributed by atoms with Gasteiger partial charge in [0.15, 0.2) is 0 Å². The van der Waals surface area contributed by atoms with Gasteiger partial charge in [0, 0.05) is 12.7 Å². The number of rotatable bonds is 5. The lowest BCUT2D eigenvalue weighted by molar-refractivity contribution is -0.137. The van der Waals surface area contributed by atoms with E-state index in [1.165, 1.54) is 30.7 Å². The minimum Gasteiger partial charge on any atom is -0.345 e. The van der Waals surface area contributed by atoms with Gasteiger partial charge in [0.25, 0.3) is 5.91 Å². The molecule has 0 aliphatic carbocycles. The topological polar surface area (TPSA) is 97.6 Å². The number of benzene rings is 1. The Kier molecular flexibility index (Phi) is 5.24. The summed E-state index contributed by atoms with van der Waals surface area (Å²) in [5, 5.41) is 5.59. The van der Waals surface area contributed by atoms with Gasteiger partial charge in [0.05, 0.1) is 48.2 Å². The SMILES string of the molecule is Cn1cnc2cnc(C(=O)NCc3cnc(Nc4ccc(C(F)(F)F)cc4)cn3)cc21.